The van der Waals surface area contributed by atoms with E-state index in [1.54, 1.807) is 0 Å². The molecule has 0 aliphatic rings. The first-order chi connectivity index (χ1) is 32.5. The lowest BCUT2D eigenvalue weighted by Crippen LogP contribution is -2.30. The number of carbonyl (C=O) groups is 3. The van der Waals surface area contributed by atoms with Gasteiger partial charge in [-0.25, -0.2) is 0 Å². The molecule has 6 nitrogen and oxygen atoms in total. The van der Waals surface area contributed by atoms with Gasteiger partial charge in [0, 0.05) is 19.3 Å². The molecule has 388 valence electrons. The van der Waals surface area contributed by atoms with E-state index in [9.17, 15) is 14.4 Å². The molecule has 0 saturated heterocycles. The monoisotopic (exact) mass is 929 g/mol. The normalized spacial score (nSPS) is 12.1. The lowest BCUT2D eigenvalue weighted by Gasteiger charge is -2.18. The maximum atomic E-state index is 12.9. The second kappa shape index (κ2) is 55.5. The van der Waals surface area contributed by atoms with Crippen LogP contribution in [0.1, 0.15) is 323 Å². The molecular weight excluding hydrogens is 817 g/mol. The van der Waals surface area contributed by atoms with Gasteiger partial charge in [-0.2, -0.15) is 0 Å². The lowest BCUT2D eigenvalue weighted by molar-refractivity contribution is -0.167. The highest BCUT2D eigenvalue weighted by atomic mass is 16.6. The summed E-state index contributed by atoms with van der Waals surface area (Å²) in [5, 5.41) is 0. The smallest absolute Gasteiger partial charge is 0.306 e. The van der Waals surface area contributed by atoms with Gasteiger partial charge in [0.2, 0.25) is 0 Å². The van der Waals surface area contributed by atoms with Crippen molar-refractivity contribution in [2.45, 2.75) is 329 Å². The molecule has 0 saturated carbocycles. The van der Waals surface area contributed by atoms with Crippen molar-refractivity contribution >= 4 is 17.9 Å². The first-order valence-corrected chi connectivity index (χ1v) is 29.3. The van der Waals surface area contributed by atoms with E-state index in [1.165, 1.54) is 218 Å². The van der Waals surface area contributed by atoms with Crippen molar-refractivity contribution in [3.05, 3.63) is 24.3 Å². The van der Waals surface area contributed by atoms with Crippen molar-refractivity contribution < 1.29 is 28.6 Å². The summed E-state index contributed by atoms with van der Waals surface area (Å²) >= 11 is 0. The Hall–Kier alpha value is -2.11. The second-order valence-corrected chi connectivity index (χ2v) is 19.9. The molecule has 0 spiro atoms. The molecule has 0 aromatic rings. The third kappa shape index (κ3) is 52.9. The van der Waals surface area contributed by atoms with Gasteiger partial charge in [-0.1, -0.05) is 257 Å². The van der Waals surface area contributed by atoms with E-state index in [0.717, 1.165) is 64.2 Å². The van der Waals surface area contributed by atoms with Crippen molar-refractivity contribution in [1.82, 2.24) is 0 Å². The average molecular weight is 930 g/mol. The number of hydrogen-bond donors (Lipinski definition) is 0. The lowest BCUT2D eigenvalue weighted by atomic mass is 10.0. The fourth-order valence-corrected chi connectivity index (χ4v) is 8.73. The predicted octanol–water partition coefficient (Wildman–Crippen LogP) is 19.5. The number of allylic oxidation sites excluding steroid dienone is 4. The standard InChI is InChI=1S/C60H112O6/c1-4-7-10-13-16-19-22-25-28-30-32-35-38-41-44-47-50-53-59(62)65-56-57(55-64-58(61)52-49-46-43-40-37-34-27-24-21-18-15-12-9-6-3)66-60(63)54-51-48-45-42-39-36-33-31-29-26-23-20-17-14-11-8-5-2/h24-25,27-28,57H,4-23,26,29-56H2,1-3H3/b27-24-,28-25-/t57-/m1/s1. The summed E-state index contributed by atoms with van der Waals surface area (Å²) < 4.78 is 16.9. The molecule has 0 aliphatic carbocycles. The van der Waals surface area contributed by atoms with Crippen LogP contribution < -0.4 is 0 Å². The Morgan fingerprint density at radius 2 is 0.500 bits per heavy atom. The molecule has 0 bridgehead atoms. The molecule has 0 amide bonds. The van der Waals surface area contributed by atoms with E-state index in [1.807, 2.05) is 0 Å². The molecule has 0 heterocycles. The first kappa shape index (κ1) is 63.9. The molecule has 1 atom stereocenters. The zero-order valence-corrected chi connectivity index (χ0v) is 44.5. The summed E-state index contributed by atoms with van der Waals surface area (Å²) in [5.74, 6) is -0.863. The van der Waals surface area contributed by atoms with Crippen LogP contribution in [0.4, 0.5) is 0 Å². The molecule has 0 aliphatic heterocycles. The highest BCUT2D eigenvalue weighted by molar-refractivity contribution is 5.71. The fraction of sp³-hybridized carbons (Fsp3) is 0.883. The van der Waals surface area contributed by atoms with Gasteiger partial charge in [0.05, 0.1) is 0 Å². The van der Waals surface area contributed by atoms with Crippen molar-refractivity contribution in [3.63, 3.8) is 0 Å². The number of ether oxygens (including phenoxy) is 3. The van der Waals surface area contributed by atoms with E-state index in [4.69, 9.17) is 14.2 Å². The Labute approximate surface area is 411 Å². The third-order valence-corrected chi connectivity index (χ3v) is 13.2. The summed E-state index contributed by atoms with van der Waals surface area (Å²) in [6, 6.07) is 0. The third-order valence-electron chi connectivity index (χ3n) is 13.2. The van der Waals surface area contributed by atoms with Crippen LogP contribution in [0, 0.1) is 0 Å². The van der Waals surface area contributed by atoms with Crippen LogP contribution >= 0.6 is 0 Å². The van der Waals surface area contributed by atoms with Gasteiger partial charge in [-0.05, 0) is 70.6 Å². The topological polar surface area (TPSA) is 78.9 Å². The highest BCUT2D eigenvalue weighted by Gasteiger charge is 2.19. The Balaban J connectivity index is 4.34. The molecule has 0 unspecified atom stereocenters. The van der Waals surface area contributed by atoms with Crippen LogP contribution in [0.2, 0.25) is 0 Å². The minimum Gasteiger partial charge on any atom is -0.462 e. The van der Waals surface area contributed by atoms with Crippen molar-refractivity contribution in [2.75, 3.05) is 13.2 Å². The van der Waals surface area contributed by atoms with E-state index in [-0.39, 0.29) is 31.1 Å². The Kier molecular flexibility index (Phi) is 53.7. The van der Waals surface area contributed by atoms with Gasteiger partial charge in [-0.3, -0.25) is 14.4 Å². The molecule has 6 heteroatoms. The maximum absolute atomic E-state index is 12.9. The van der Waals surface area contributed by atoms with Crippen LogP contribution in [0.5, 0.6) is 0 Å². The summed E-state index contributed by atoms with van der Waals surface area (Å²) in [6.07, 6.45) is 64.5. The Morgan fingerprint density at radius 1 is 0.288 bits per heavy atom. The largest absolute Gasteiger partial charge is 0.462 e. The number of carbonyl (C=O) groups excluding carboxylic acids is 3. The minimum atomic E-state index is -0.772. The fourth-order valence-electron chi connectivity index (χ4n) is 8.73. The molecule has 0 rings (SSSR count). The van der Waals surface area contributed by atoms with Crippen LogP contribution in [0.25, 0.3) is 0 Å². The van der Waals surface area contributed by atoms with E-state index < -0.39 is 6.10 Å². The van der Waals surface area contributed by atoms with Crippen molar-refractivity contribution in [3.8, 4) is 0 Å². The average Bonchev–Trinajstić information content (AvgIpc) is 3.31. The molecule has 0 aromatic carbocycles. The molecular formula is C60H112O6. The van der Waals surface area contributed by atoms with Gasteiger partial charge in [0.15, 0.2) is 6.10 Å². The van der Waals surface area contributed by atoms with Crippen LogP contribution in [0.3, 0.4) is 0 Å². The van der Waals surface area contributed by atoms with Crippen molar-refractivity contribution in [1.29, 1.82) is 0 Å². The number of rotatable bonds is 54. The van der Waals surface area contributed by atoms with E-state index in [0.29, 0.717) is 19.3 Å². The quantitative estimate of drug-likeness (QED) is 0.0262. The number of unbranched alkanes of at least 4 members (excludes halogenated alkanes) is 39. The minimum absolute atomic E-state index is 0.0718. The SMILES string of the molecule is CCCCCCC/C=C\CCCCCCCC(=O)OC[C@H](COC(=O)CCCCCCCCC/C=C\CCCCCCCC)OC(=O)CCCCCCCCCCCCCCCCCCC. The summed E-state index contributed by atoms with van der Waals surface area (Å²) in [6.45, 7) is 6.67. The first-order valence-electron chi connectivity index (χ1n) is 29.3. The van der Waals surface area contributed by atoms with Gasteiger partial charge in [-0.15, -0.1) is 0 Å². The van der Waals surface area contributed by atoms with Crippen molar-refractivity contribution in [2.24, 2.45) is 0 Å². The molecule has 66 heavy (non-hydrogen) atoms. The molecule has 0 fully saturated rings. The highest BCUT2D eigenvalue weighted by Crippen LogP contribution is 2.17. The second-order valence-electron chi connectivity index (χ2n) is 19.9. The predicted molar refractivity (Wildman–Crippen MR) is 284 cm³/mol. The van der Waals surface area contributed by atoms with Crippen LogP contribution in [-0.2, 0) is 28.6 Å². The summed E-state index contributed by atoms with van der Waals surface area (Å²) in [7, 11) is 0. The van der Waals surface area contributed by atoms with Gasteiger partial charge in [0.1, 0.15) is 13.2 Å². The Bertz CT molecular complexity index is 1070. The maximum Gasteiger partial charge on any atom is 0.306 e. The zero-order chi connectivity index (χ0) is 47.9. The van der Waals surface area contributed by atoms with Crippen LogP contribution in [0.15, 0.2) is 24.3 Å². The van der Waals surface area contributed by atoms with Gasteiger partial charge < -0.3 is 14.2 Å². The number of esters is 3. The Morgan fingerprint density at radius 3 is 0.758 bits per heavy atom. The number of hydrogen-bond acceptors (Lipinski definition) is 6. The zero-order valence-electron chi connectivity index (χ0n) is 44.5. The van der Waals surface area contributed by atoms with Gasteiger partial charge in [0.25, 0.3) is 0 Å². The van der Waals surface area contributed by atoms with E-state index in [2.05, 4.69) is 45.1 Å². The van der Waals surface area contributed by atoms with Gasteiger partial charge >= 0.3 is 17.9 Å². The molecule has 0 N–H and O–H groups in total. The van der Waals surface area contributed by atoms with E-state index >= 15 is 0 Å². The molecule has 0 radical (unpaired) electrons. The molecule has 0 aromatic heterocycles. The summed E-state index contributed by atoms with van der Waals surface area (Å²) in [5.41, 5.74) is 0. The summed E-state index contributed by atoms with van der Waals surface area (Å²) in [4.78, 5) is 38.2. The van der Waals surface area contributed by atoms with Crippen LogP contribution in [-0.4, -0.2) is 37.2 Å².